The molecule has 1 aromatic rings. The number of rotatable bonds is 4. The highest BCUT2D eigenvalue weighted by Crippen LogP contribution is 2.48. The maximum atomic E-state index is 13.7. The predicted octanol–water partition coefficient (Wildman–Crippen LogP) is 1.84. The van der Waals surface area contributed by atoms with Crippen molar-refractivity contribution in [2.24, 2.45) is 0 Å². The van der Waals surface area contributed by atoms with Gasteiger partial charge in [-0.2, -0.15) is 0 Å². The molecule has 1 amide bonds. The summed E-state index contributed by atoms with van der Waals surface area (Å²) in [6, 6.07) is 2.76. The van der Waals surface area contributed by atoms with Crippen molar-refractivity contribution in [2.75, 3.05) is 6.54 Å². The third-order valence-electron chi connectivity index (χ3n) is 3.67. The van der Waals surface area contributed by atoms with Crippen LogP contribution < -0.4 is 5.32 Å². The third-order valence-corrected chi connectivity index (χ3v) is 3.67. The Labute approximate surface area is 116 Å². The minimum atomic E-state index is -1.50. The van der Waals surface area contributed by atoms with E-state index in [0.29, 0.717) is 12.6 Å². The second-order valence-corrected chi connectivity index (χ2v) is 5.42. The average Bonchev–Trinajstić information content (AvgIpc) is 2.80. The average molecular weight is 284 g/mol. The highest BCUT2D eigenvalue weighted by atomic mass is 19.1. The lowest BCUT2D eigenvalue weighted by atomic mass is 10.1. The van der Waals surface area contributed by atoms with Crippen LogP contribution in [0.3, 0.4) is 0 Å². The van der Waals surface area contributed by atoms with Gasteiger partial charge in [-0.3, -0.25) is 15.0 Å². The monoisotopic (exact) mass is 284 g/mol. The summed E-state index contributed by atoms with van der Waals surface area (Å²) in [6.07, 6.45) is 0.783. The molecule has 0 spiro atoms. The molecule has 1 unspecified atom stereocenters. The molecule has 20 heavy (non-hydrogen) atoms. The first kappa shape index (κ1) is 14.9. The number of amides is 1. The van der Waals surface area contributed by atoms with Crippen molar-refractivity contribution in [3.63, 3.8) is 0 Å². The normalized spacial score (nSPS) is 23.8. The standard InChI is InChI=1S/C14H18F2N2O2/c1-4-7-17-14(20)13(2,3)18(14)12(19)10-6-5-9(15)8-11(10)16/h5-6,8,17,20H,4,7H2,1-3H3. The molecule has 6 heteroatoms. The van der Waals surface area contributed by atoms with Gasteiger partial charge >= 0.3 is 0 Å². The molecule has 1 heterocycles. The summed E-state index contributed by atoms with van der Waals surface area (Å²) in [7, 11) is 0. The van der Waals surface area contributed by atoms with Crippen LogP contribution in [0.1, 0.15) is 37.6 Å². The summed E-state index contributed by atoms with van der Waals surface area (Å²) in [5, 5.41) is 13.3. The van der Waals surface area contributed by atoms with Crippen LogP contribution >= 0.6 is 0 Å². The Bertz CT molecular complexity index is 548. The summed E-state index contributed by atoms with van der Waals surface area (Å²) in [4.78, 5) is 13.5. The van der Waals surface area contributed by atoms with E-state index in [1.807, 2.05) is 6.92 Å². The van der Waals surface area contributed by atoms with Gasteiger partial charge in [-0.25, -0.2) is 8.78 Å². The topological polar surface area (TPSA) is 52.3 Å². The highest BCUT2D eigenvalue weighted by molar-refractivity contribution is 5.97. The molecule has 1 aliphatic heterocycles. The second kappa shape index (κ2) is 4.79. The zero-order chi connectivity index (χ0) is 15.1. The van der Waals surface area contributed by atoms with Gasteiger partial charge in [-0.05, 0) is 38.9 Å². The molecule has 1 fully saturated rings. The maximum Gasteiger partial charge on any atom is 0.260 e. The molecule has 0 aromatic heterocycles. The van der Waals surface area contributed by atoms with E-state index in [1.165, 1.54) is 0 Å². The van der Waals surface area contributed by atoms with E-state index in [1.54, 1.807) is 13.8 Å². The van der Waals surface area contributed by atoms with Gasteiger partial charge in [-0.15, -0.1) is 0 Å². The van der Waals surface area contributed by atoms with Crippen LogP contribution in [0.25, 0.3) is 0 Å². The van der Waals surface area contributed by atoms with Gasteiger partial charge in [0.15, 0.2) is 0 Å². The minimum absolute atomic E-state index is 0.256. The van der Waals surface area contributed by atoms with E-state index < -0.39 is 28.9 Å². The molecule has 0 aliphatic carbocycles. The van der Waals surface area contributed by atoms with E-state index in [9.17, 15) is 18.7 Å². The lowest BCUT2D eigenvalue weighted by Gasteiger charge is -2.12. The number of aliphatic hydroxyl groups is 1. The minimum Gasteiger partial charge on any atom is -0.356 e. The van der Waals surface area contributed by atoms with Gasteiger partial charge in [0.05, 0.1) is 5.56 Å². The van der Waals surface area contributed by atoms with Crippen molar-refractivity contribution in [3.8, 4) is 0 Å². The van der Waals surface area contributed by atoms with E-state index >= 15 is 0 Å². The highest BCUT2D eigenvalue weighted by Gasteiger charge is 2.72. The molecular formula is C14H18F2N2O2. The Morgan fingerprint density at radius 3 is 2.60 bits per heavy atom. The zero-order valence-corrected chi connectivity index (χ0v) is 11.7. The van der Waals surface area contributed by atoms with Gasteiger partial charge in [0.2, 0.25) is 5.85 Å². The van der Waals surface area contributed by atoms with E-state index in [4.69, 9.17) is 0 Å². The van der Waals surface area contributed by atoms with E-state index in [0.717, 1.165) is 23.5 Å². The largest absolute Gasteiger partial charge is 0.356 e. The van der Waals surface area contributed by atoms with Crippen molar-refractivity contribution in [3.05, 3.63) is 35.4 Å². The summed E-state index contributed by atoms with van der Waals surface area (Å²) >= 11 is 0. The Balaban J connectivity index is 2.26. The van der Waals surface area contributed by atoms with Crippen LogP contribution in [0.4, 0.5) is 8.78 Å². The molecule has 2 N–H and O–H groups in total. The molecule has 0 bridgehead atoms. The van der Waals surface area contributed by atoms with Crippen LogP contribution in [-0.2, 0) is 0 Å². The molecule has 110 valence electrons. The zero-order valence-electron chi connectivity index (χ0n) is 11.7. The number of hydrogen-bond acceptors (Lipinski definition) is 3. The Morgan fingerprint density at radius 2 is 2.05 bits per heavy atom. The molecular weight excluding hydrogens is 266 g/mol. The summed E-state index contributed by atoms with van der Waals surface area (Å²) in [6.45, 7) is 5.80. The summed E-state index contributed by atoms with van der Waals surface area (Å²) in [5.74, 6) is -3.85. The van der Waals surface area contributed by atoms with Crippen LogP contribution in [0.15, 0.2) is 18.2 Å². The lowest BCUT2D eigenvalue weighted by molar-refractivity contribution is 0.0396. The van der Waals surface area contributed by atoms with E-state index in [2.05, 4.69) is 5.32 Å². The Kier molecular flexibility index (Phi) is 3.56. The third kappa shape index (κ3) is 2.09. The van der Waals surface area contributed by atoms with Gasteiger partial charge in [0.1, 0.15) is 17.2 Å². The first-order chi connectivity index (χ1) is 9.25. The van der Waals surface area contributed by atoms with Crippen molar-refractivity contribution >= 4 is 5.91 Å². The second-order valence-electron chi connectivity index (χ2n) is 5.42. The van der Waals surface area contributed by atoms with Gasteiger partial charge in [-0.1, -0.05) is 6.92 Å². The molecule has 1 aliphatic rings. The number of halogens is 2. The first-order valence-electron chi connectivity index (χ1n) is 6.53. The Morgan fingerprint density at radius 1 is 1.40 bits per heavy atom. The molecule has 1 saturated heterocycles. The molecule has 4 nitrogen and oxygen atoms in total. The molecule has 0 saturated carbocycles. The number of benzene rings is 1. The van der Waals surface area contributed by atoms with Crippen LogP contribution in [0, 0.1) is 11.6 Å². The first-order valence-corrected chi connectivity index (χ1v) is 6.53. The number of nitrogens with zero attached hydrogens (tertiary/aromatic N) is 1. The quantitative estimate of drug-likeness (QED) is 0.655. The molecule has 2 rings (SSSR count). The summed E-state index contributed by atoms with van der Waals surface area (Å²) in [5.41, 5.74) is -1.10. The van der Waals surface area contributed by atoms with Gasteiger partial charge in [0.25, 0.3) is 5.91 Å². The number of carbonyl (C=O) groups excluding carboxylic acids is 1. The number of carbonyl (C=O) groups is 1. The Hall–Kier alpha value is -1.53. The number of hydrogen-bond donors (Lipinski definition) is 2. The molecule has 0 radical (unpaired) electrons. The predicted molar refractivity (Wildman–Crippen MR) is 69.9 cm³/mol. The fraction of sp³-hybridized carbons (Fsp3) is 0.500. The van der Waals surface area contributed by atoms with Crippen molar-refractivity contribution in [1.29, 1.82) is 0 Å². The van der Waals surface area contributed by atoms with Crippen LogP contribution in [0.5, 0.6) is 0 Å². The molecule has 1 atom stereocenters. The smallest absolute Gasteiger partial charge is 0.260 e. The van der Waals surface area contributed by atoms with Crippen molar-refractivity contribution in [1.82, 2.24) is 10.2 Å². The lowest BCUT2D eigenvalue weighted by Crippen LogP contribution is -2.40. The number of nitrogens with one attached hydrogen (secondary N) is 1. The van der Waals surface area contributed by atoms with Crippen molar-refractivity contribution < 1.29 is 18.7 Å². The molecule has 1 aromatic carbocycles. The summed E-state index contributed by atoms with van der Waals surface area (Å²) < 4.78 is 26.5. The van der Waals surface area contributed by atoms with Crippen LogP contribution in [-0.4, -0.2) is 33.8 Å². The van der Waals surface area contributed by atoms with Crippen molar-refractivity contribution in [2.45, 2.75) is 38.6 Å². The SMILES string of the molecule is CCCNC1(O)N(C(=O)c2ccc(F)cc2F)C1(C)C. The van der Waals surface area contributed by atoms with Gasteiger partial charge in [0, 0.05) is 6.07 Å². The van der Waals surface area contributed by atoms with Gasteiger partial charge < -0.3 is 5.11 Å². The fourth-order valence-electron chi connectivity index (χ4n) is 2.35. The fourth-order valence-corrected chi connectivity index (χ4v) is 2.35. The van der Waals surface area contributed by atoms with E-state index in [-0.39, 0.29) is 5.56 Å². The van der Waals surface area contributed by atoms with Crippen LogP contribution in [0.2, 0.25) is 0 Å². The maximum absolute atomic E-state index is 13.7.